The number of piperidine rings is 1. The molecule has 116 valence electrons. The fraction of sp³-hybridized carbons (Fsp3) is 0.533. The predicted molar refractivity (Wildman–Crippen MR) is 81.2 cm³/mol. The van der Waals surface area contributed by atoms with Crippen LogP contribution in [0.5, 0.6) is 0 Å². The van der Waals surface area contributed by atoms with E-state index in [0.29, 0.717) is 25.9 Å². The summed E-state index contributed by atoms with van der Waals surface area (Å²) in [6, 6.07) is 8.26. The Morgan fingerprint density at radius 2 is 1.76 bits per heavy atom. The molecule has 0 aromatic heterocycles. The quantitative estimate of drug-likeness (QED) is 0.919. The zero-order chi connectivity index (χ0) is 15.5. The first-order valence-electron chi connectivity index (χ1n) is 7.26. The highest BCUT2D eigenvalue weighted by atomic mass is 32.2. The number of rotatable bonds is 4. The molecule has 6 heteroatoms. The van der Waals surface area contributed by atoms with Gasteiger partial charge in [-0.15, -0.1) is 0 Å². The molecule has 1 aromatic carbocycles. The smallest absolute Gasteiger partial charge is 0.240 e. The molecule has 0 unspecified atom stereocenters. The molecule has 1 fully saturated rings. The second-order valence-electron chi connectivity index (χ2n) is 5.69. The molecule has 0 spiro atoms. The van der Waals surface area contributed by atoms with Crippen LogP contribution in [0.1, 0.15) is 26.7 Å². The predicted octanol–water partition coefficient (Wildman–Crippen LogP) is 1.61. The van der Waals surface area contributed by atoms with Crippen molar-refractivity contribution in [2.75, 3.05) is 13.1 Å². The monoisotopic (exact) mass is 310 g/mol. The average Bonchev–Trinajstić information content (AvgIpc) is 2.48. The number of sulfonamides is 1. The van der Waals surface area contributed by atoms with E-state index in [4.69, 9.17) is 0 Å². The number of amides is 1. The Labute approximate surface area is 126 Å². The highest BCUT2D eigenvalue weighted by molar-refractivity contribution is 7.89. The lowest BCUT2D eigenvalue weighted by Gasteiger charge is -2.33. The SMILES string of the molecule is CC(C)C(=O)N1CCC(NS(=O)(=O)c2ccccc2)CC1. The number of carbonyl (C=O) groups is 1. The van der Waals surface area contributed by atoms with Crippen LogP contribution >= 0.6 is 0 Å². The zero-order valence-electron chi connectivity index (χ0n) is 12.5. The summed E-state index contributed by atoms with van der Waals surface area (Å²) < 4.78 is 27.2. The molecule has 1 N–H and O–H groups in total. The summed E-state index contributed by atoms with van der Waals surface area (Å²) in [7, 11) is -3.47. The van der Waals surface area contributed by atoms with Crippen LogP contribution in [-0.4, -0.2) is 38.4 Å². The summed E-state index contributed by atoms with van der Waals surface area (Å²) in [6.07, 6.45) is 1.31. The highest BCUT2D eigenvalue weighted by Gasteiger charge is 2.27. The van der Waals surface area contributed by atoms with Gasteiger partial charge in [0.15, 0.2) is 0 Å². The first kappa shape index (κ1) is 16.0. The van der Waals surface area contributed by atoms with Crippen molar-refractivity contribution in [3.05, 3.63) is 30.3 Å². The number of hydrogen-bond donors (Lipinski definition) is 1. The minimum absolute atomic E-state index is 0.0115. The van der Waals surface area contributed by atoms with Crippen molar-refractivity contribution in [3.8, 4) is 0 Å². The van der Waals surface area contributed by atoms with E-state index in [0.717, 1.165) is 0 Å². The summed E-state index contributed by atoms with van der Waals surface area (Å²) in [5.74, 6) is 0.127. The number of carbonyl (C=O) groups excluding carboxylic acids is 1. The molecule has 1 heterocycles. The van der Waals surface area contributed by atoms with Crippen LogP contribution in [-0.2, 0) is 14.8 Å². The van der Waals surface area contributed by atoms with Gasteiger partial charge in [-0.2, -0.15) is 0 Å². The summed E-state index contributed by atoms with van der Waals surface area (Å²) >= 11 is 0. The van der Waals surface area contributed by atoms with Crippen LogP contribution in [0.4, 0.5) is 0 Å². The summed E-state index contributed by atoms with van der Waals surface area (Å²) in [4.78, 5) is 14.0. The van der Waals surface area contributed by atoms with Gasteiger partial charge in [0.2, 0.25) is 15.9 Å². The lowest BCUT2D eigenvalue weighted by molar-refractivity contribution is -0.135. The van der Waals surface area contributed by atoms with Gasteiger partial charge in [-0.1, -0.05) is 32.0 Å². The first-order chi connectivity index (χ1) is 9.90. The topological polar surface area (TPSA) is 66.5 Å². The lowest BCUT2D eigenvalue weighted by atomic mass is 10.0. The molecule has 1 aliphatic heterocycles. The molecule has 1 aliphatic rings. The lowest BCUT2D eigenvalue weighted by Crippen LogP contribution is -2.47. The molecule has 0 saturated carbocycles. The molecule has 0 bridgehead atoms. The third-order valence-corrected chi connectivity index (χ3v) is 5.21. The molecule has 1 aromatic rings. The fourth-order valence-electron chi connectivity index (χ4n) is 2.47. The fourth-order valence-corrected chi connectivity index (χ4v) is 3.80. The second kappa shape index (κ2) is 6.58. The van der Waals surface area contributed by atoms with Gasteiger partial charge in [0.25, 0.3) is 0 Å². The van der Waals surface area contributed by atoms with Gasteiger partial charge in [0, 0.05) is 25.0 Å². The van der Waals surface area contributed by atoms with Crippen LogP contribution in [0.25, 0.3) is 0 Å². The van der Waals surface area contributed by atoms with E-state index in [1.807, 2.05) is 18.7 Å². The van der Waals surface area contributed by atoms with Gasteiger partial charge in [-0.3, -0.25) is 4.79 Å². The van der Waals surface area contributed by atoms with E-state index < -0.39 is 10.0 Å². The van der Waals surface area contributed by atoms with E-state index in [1.165, 1.54) is 0 Å². The number of nitrogens with one attached hydrogen (secondary N) is 1. The van der Waals surface area contributed by atoms with Crippen molar-refractivity contribution in [2.45, 2.75) is 37.6 Å². The van der Waals surface area contributed by atoms with Gasteiger partial charge in [0.05, 0.1) is 4.90 Å². The maximum absolute atomic E-state index is 12.2. The molecule has 1 amide bonds. The largest absolute Gasteiger partial charge is 0.342 e. The Kier molecular flexibility index (Phi) is 5.00. The van der Waals surface area contributed by atoms with Crippen molar-refractivity contribution in [1.82, 2.24) is 9.62 Å². The minimum Gasteiger partial charge on any atom is -0.342 e. The van der Waals surface area contributed by atoms with Crippen LogP contribution in [0.2, 0.25) is 0 Å². The summed E-state index contributed by atoms with van der Waals surface area (Å²) in [6.45, 7) is 4.98. The number of hydrogen-bond acceptors (Lipinski definition) is 3. The van der Waals surface area contributed by atoms with Crippen LogP contribution < -0.4 is 4.72 Å². The second-order valence-corrected chi connectivity index (χ2v) is 7.40. The molecule has 0 radical (unpaired) electrons. The van der Waals surface area contributed by atoms with Gasteiger partial charge in [-0.05, 0) is 25.0 Å². The van der Waals surface area contributed by atoms with E-state index >= 15 is 0 Å². The Bertz CT molecular complexity index is 576. The molecule has 0 aliphatic carbocycles. The molecule has 21 heavy (non-hydrogen) atoms. The molecule has 1 saturated heterocycles. The molecule has 2 rings (SSSR count). The summed E-state index contributed by atoms with van der Waals surface area (Å²) in [5, 5.41) is 0. The van der Waals surface area contributed by atoms with Crippen molar-refractivity contribution in [3.63, 3.8) is 0 Å². The number of likely N-dealkylation sites (tertiary alicyclic amines) is 1. The Balaban J connectivity index is 1.93. The first-order valence-corrected chi connectivity index (χ1v) is 8.74. The van der Waals surface area contributed by atoms with Gasteiger partial charge in [0.1, 0.15) is 0 Å². The van der Waals surface area contributed by atoms with Gasteiger partial charge >= 0.3 is 0 Å². The van der Waals surface area contributed by atoms with E-state index in [9.17, 15) is 13.2 Å². The van der Waals surface area contributed by atoms with E-state index in [-0.39, 0.29) is 22.8 Å². The minimum atomic E-state index is -3.47. The van der Waals surface area contributed by atoms with E-state index in [2.05, 4.69) is 4.72 Å². The third-order valence-electron chi connectivity index (χ3n) is 3.68. The van der Waals surface area contributed by atoms with Crippen molar-refractivity contribution < 1.29 is 13.2 Å². The van der Waals surface area contributed by atoms with Crippen molar-refractivity contribution in [1.29, 1.82) is 0 Å². The van der Waals surface area contributed by atoms with Crippen LogP contribution in [0.3, 0.4) is 0 Å². The molecular formula is C15H22N2O3S. The maximum Gasteiger partial charge on any atom is 0.240 e. The van der Waals surface area contributed by atoms with Crippen LogP contribution in [0.15, 0.2) is 35.2 Å². The Hall–Kier alpha value is -1.40. The van der Waals surface area contributed by atoms with Crippen LogP contribution in [0, 0.1) is 5.92 Å². The number of benzene rings is 1. The van der Waals surface area contributed by atoms with Crippen molar-refractivity contribution >= 4 is 15.9 Å². The van der Waals surface area contributed by atoms with E-state index in [1.54, 1.807) is 30.3 Å². The highest BCUT2D eigenvalue weighted by Crippen LogP contribution is 2.16. The van der Waals surface area contributed by atoms with Crippen molar-refractivity contribution in [2.24, 2.45) is 5.92 Å². The maximum atomic E-state index is 12.2. The Morgan fingerprint density at radius 1 is 1.19 bits per heavy atom. The standard InChI is InChI=1S/C15H22N2O3S/c1-12(2)15(18)17-10-8-13(9-11-17)16-21(19,20)14-6-4-3-5-7-14/h3-7,12-13,16H,8-11H2,1-2H3. The average molecular weight is 310 g/mol. The normalized spacial score (nSPS) is 17.2. The summed E-state index contributed by atoms with van der Waals surface area (Å²) in [5.41, 5.74) is 0. The molecule has 5 nitrogen and oxygen atoms in total. The van der Waals surface area contributed by atoms with Gasteiger partial charge in [-0.25, -0.2) is 13.1 Å². The third kappa shape index (κ3) is 4.04. The number of nitrogens with zero attached hydrogens (tertiary/aromatic N) is 1. The molecular weight excluding hydrogens is 288 g/mol. The zero-order valence-corrected chi connectivity index (χ0v) is 13.3. The van der Waals surface area contributed by atoms with Gasteiger partial charge < -0.3 is 4.90 Å². The Morgan fingerprint density at radius 3 is 2.29 bits per heavy atom. The molecule has 0 atom stereocenters.